The number of pyridine rings is 1. The molecule has 0 bridgehead atoms. The average molecular weight is 544 g/mol. The summed E-state index contributed by atoms with van der Waals surface area (Å²) in [5.74, 6) is 0.528. The number of carbonyl (C=O) groups excluding carboxylic acids is 1. The highest BCUT2D eigenvalue weighted by Gasteiger charge is 2.39. The van der Waals surface area contributed by atoms with E-state index in [2.05, 4.69) is 29.0 Å². The Bertz CT molecular complexity index is 1260. The number of halogens is 3. The van der Waals surface area contributed by atoms with Crippen molar-refractivity contribution in [2.24, 2.45) is 5.92 Å². The maximum Gasteiger partial charge on any atom is 0.416 e. The lowest BCUT2D eigenvalue weighted by Gasteiger charge is -2.31. The van der Waals surface area contributed by atoms with E-state index in [0.29, 0.717) is 24.4 Å². The minimum absolute atomic E-state index is 0.0217. The highest BCUT2D eigenvalue weighted by Crippen LogP contribution is 2.45. The zero-order chi connectivity index (χ0) is 27.6. The van der Waals surface area contributed by atoms with Crippen molar-refractivity contribution in [1.82, 2.24) is 15.2 Å². The summed E-state index contributed by atoms with van der Waals surface area (Å²) in [7, 11) is 0. The molecule has 9 heteroatoms. The van der Waals surface area contributed by atoms with Crippen LogP contribution in [0.15, 0.2) is 65.7 Å². The number of carbonyl (C=O) groups is 1. The first kappa shape index (κ1) is 28.1. The molecule has 2 unspecified atom stereocenters. The molecule has 1 aliphatic rings. The number of hydrogen-bond acceptors (Lipinski definition) is 4. The number of nitrogens with one attached hydrogen (secondary N) is 1. The van der Waals surface area contributed by atoms with Gasteiger partial charge in [0.05, 0.1) is 22.9 Å². The lowest BCUT2D eigenvalue weighted by Crippen LogP contribution is -2.28. The second-order valence-electron chi connectivity index (χ2n) is 9.89. The highest BCUT2D eigenvalue weighted by atomic mass is 32.2. The number of nitrogens with zero attached hydrogens (tertiary/aromatic N) is 2. The molecule has 1 aliphatic heterocycles. The monoisotopic (exact) mass is 543 g/mol. The van der Waals surface area contributed by atoms with E-state index in [0.717, 1.165) is 39.4 Å². The van der Waals surface area contributed by atoms with Gasteiger partial charge in [-0.25, -0.2) is 0 Å². The van der Waals surface area contributed by atoms with Crippen molar-refractivity contribution in [3.05, 3.63) is 94.3 Å². The summed E-state index contributed by atoms with van der Waals surface area (Å²) < 4.78 is 50.9. The Kier molecular flexibility index (Phi) is 8.49. The Hall–Kier alpha value is -2.88. The van der Waals surface area contributed by atoms with Gasteiger partial charge in [-0.3, -0.25) is 14.7 Å². The van der Waals surface area contributed by atoms with E-state index >= 15 is 0 Å². The van der Waals surface area contributed by atoms with Gasteiger partial charge in [0.15, 0.2) is 4.90 Å². The molecule has 0 saturated carbocycles. The summed E-state index contributed by atoms with van der Waals surface area (Å²) in [5.41, 5.74) is 3.34. The van der Waals surface area contributed by atoms with Gasteiger partial charge in [0, 0.05) is 25.3 Å². The summed E-state index contributed by atoms with van der Waals surface area (Å²) in [4.78, 5) is 20.6. The number of benzene rings is 2. The first-order valence-electron chi connectivity index (χ1n) is 12.7. The second-order valence-corrected chi connectivity index (χ2v) is 11.6. The van der Waals surface area contributed by atoms with Crippen LogP contribution in [-0.2, 0) is 30.4 Å². The van der Waals surface area contributed by atoms with E-state index in [1.54, 1.807) is 6.20 Å². The van der Waals surface area contributed by atoms with Crippen LogP contribution in [0.25, 0.3) is 0 Å². The lowest BCUT2D eigenvalue weighted by atomic mass is 9.99. The van der Waals surface area contributed by atoms with Crippen molar-refractivity contribution in [3.63, 3.8) is 0 Å². The van der Waals surface area contributed by atoms with Crippen molar-refractivity contribution in [1.29, 1.82) is 0 Å². The van der Waals surface area contributed by atoms with E-state index in [4.69, 9.17) is 0 Å². The number of fused-ring (bicyclic) bond motifs is 1. The molecule has 0 saturated heterocycles. The fourth-order valence-electron chi connectivity index (χ4n) is 4.93. The molecule has 2 aromatic carbocycles. The van der Waals surface area contributed by atoms with E-state index in [1.165, 1.54) is 12.1 Å². The van der Waals surface area contributed by atoms with Gasteiger partial charge in [-0.05, 0) is 78.0 Å². The highest BCUT2D eigenvalue weighted by molar-refractivity contribution is 7.91. The molecule has 4 rings (SSSR count). The van der Waals surface area contributed by atoms with Crippen LogP contribution in [0.4, 0.5) is 13.2 Å². The van der Waals surface area contributed by atoms with Gasteiger partial charge in [-0.15, -0.1) is 0 Å². The number of amides is 1. The third-order valence-electron chi connectivity index (χ3n) is 6.98. The van der Waals surface area contributed by atoms with E-state index in [-0.39, 0.29) is 23.9 Å². The summed E-state index contributed by atoms with van der Waals surface area (Å²) in [6.07, 6.45) is -2.78. The number of alkyl halides is 3. The lowest BCUT2D eigenvalue weighted by molar-refractivity contribution is -0.137. The molecule has 1 aromatic heterocycles. The van der Waals surface area contributed by atoms with Crippen LogP contribution in [0.1, 0.15) is 78.1 Å². The van der Waals surface area contributed by atoms with Gasteiger partial charge in [-0.1, -0.05) is 38.1 Å². The van der Waals surface area contributed by atoms with Gasteiger partial charge >= 0.3 is 6.18 Å². The van der Waals surface area contributed by atoms with Crippen LogP contribution in [0.2, 0.25) is 0 Å². The third kappa shape index (κ3) is 6.06. The summed E-state index contributed by atoms with van der Waals surface area (Å²) in [6, 6.07) is 14.4. The Labute approximate surface area is 224 Å². The van der Waals surface area contributed by atoms with Crippen LogP contribution in [0, 0.1) is 5.92 Å². The summed E-state index contributed by atoms with van der Waals surface area (Å²) in [5, 5.41) is 2.93. The smallest absolute Gasteiger partial charge is 0.416 e. The third-order valence-corrected chi connectivity index (χ3v) is 8.30. The van der Waals surface area contributed by atoms with Gasteiger partial charge < -0.3 is 9.87 Å². The van der Waals surface area contributed by atoms with Gasteiger partial charge in [0.25, 0.3) is 5.91 Å². The normalized spacial score (nSPS) is 18.4. The molecule has 0 radical (unpaired) electrons. The van der Waals surface area contributed by atoms with Crippen molar-refractivity contribution < 1.29 is 22.5 Å². The van der Waals surface area contributed by atoms with Gasteiger partial charge in [0.1, 0.15) is 5.75 Å². The van der Waals surface area contributed by atoms with E-state index in [1.807, 2.05) is 44.2 Å². The van der Waals surface area contributed by atoms with Crippen LogP contribution in [-0.4, -0.2) is 26.1 Å². The first-order valence-corrected chi connectivity index (χ1v) is 14.0. The molecule has 5 nitrogen and oxygen atoms in total. The molecule has 1 N–H and O–H groups in total. The molecule has 0 spiro atoms. The quantitative estimate of drug-likeness (QED) is 0.333. The molecule has 0 fully saturated rings. The Morgan fingerprint density at radius 2 is 1.74 bits per heavy atom. The van der Waals surface area contributed by atoms with Crippen LogP contribution < -0.4 is 5.32 Å². The largest absolute Gasteiger partial charge is 0.611 e. The Morgan fingerprint density at radius 3 is 2.32 bits per heavy atom. The van der Waals surface area contributed by atoms with E-state index in [9.17, 15) is 22.5 Å². The topological polar surface area (TPSA) is 68.3 Å². The van der Waals surface area contributed by atoms with Crippen molar-refractivity contribution in [2.45, 2.75) is 63.9 Å². The summed E-state index contributed by atoms with van der Waals surface area (Å²) in [6.45, 7) is 8.90. The molecule has 0 aliphatic carbocycles. The number of hydrogen-bond donors (Lipinski definition) is 1. The minimum atomic E-state index is -4.37. The predicted molar refractivity (Wildman–Crippen MR) is 142 cm³/mol. The van der Waals surface area contributed by atoms with Crippen molar-refractivity contribution in [3.8, 4) is 0 Å². The fraction of sp³-hybridized carbons (Fsp3) is 0.379. The molecular formula is C29H32F3N3O2S. The number of aromatic nitrogens is 1. The molecular weight excluding hydrogens is 511 g/mol. The Morgan fingerprint density at radius 1 is 1.11 bits per heavy atom. The molecule has 1 amide bonds. The van der Waals surface area contributed by atoms with Crippen LogP contribution in [0.3, 0.4) is 0 Å². The fourth-order valence-corrected chi connectivity index (χ4v) is 5.70. The molecule has 202 valence electrons. The molecule has 2 heterocycles. The van der Waals surface area contributed by atoms with Crippen molar-refractivity contribution >= 4 is 17.1 Å². The Balaban J connectivity index is 1.48. The zero-order valence-electron chi connectivity index (χ0n) is 21.9. The predicted octanol–water partition coefficient (Wildman–Crippen LogP) is 6.43. The molecule has 3 atom stereocenters. The van der Waals surface area contributed by atoms with Crippen LogP contribution in [0.5, 0.6) is 0 Å². The average Bonchev–Trinajstić information content (AvgIpc) is 3.17. The molecule has 38 heavy (non-hydrogen) atoms. The minimum Gasteiger partial charge on any atom is -0.611 e. The maximum atomic E-state index is 13.0. The first-order chi connectivity index (χ1) is 18.0. The van der Waals surface area contributed by atoms with Gasteiger partial charge in [-0.2, -0.15) is 13.2 Å². The van der Waals surface area contributed by atoms with E-state index < -0.39 is 22.9 Å². The standard InChI is InChI=1S/C29H32F3N3O2S/c1-5-38(37)24-12-8-20(9-13-24)15-34-28(36)22-14-25-19(4)35(27(18(2)3)26(25)33-16-22)17-21-6-10-23(11-7-21)29(30,31)32/h6-14,16,18-19,27H,5,15,17H2,1-4H3,(H,34,36)/t19-,27?,38?/m1/s1. The van der Waals surface area contributed by atoms with Crippen molar-refractivity contribution in [2.75, 3.05) is 5.75 Å². The summed E-state index contributed by atoms with van der Waals surface area (Å²) >= 11 is -1.02. The van der Waals surface area contributed by atoms with Crippen LogP contribution >= 0.6 is 0 Å². The molecule has 3 aromatic rings. The number of rotatable bonds is 8. The second kappa shape index (κ2) is 11.5. The van der Waals surface area contributed by atoms with Gasteiger partial charge in [0.2, 0.25) is 0 Å². The SMILES string of the molecule is CC[S+]([O-])c1ccc(CNC(=O)c2cnc3c(c2)[C@@H](C)N(Cc2ccc(C(F)(F)F)cc2)C3C(C)C)cc1. The maximum absolute atomic E-state index is 13.0. The zero-order valence-corrected chi connectivity index (χ0v) is 22.7.